The first-order chi connectivity index (χ1) is 5.77. The molecular weight excluding hydrogens is 148 g/mol. The lowest BCUT2D eigenvalue weighted by Crippen LogP contribution is -2.22. The highest BCUT2D eigenvalue weighted by atomic mass is 15.1. The van der Waals surface area contributed by atoms with E-state index in [1.807, 2.05) is 6.20 Å². The van der Waals surface area contributed by atoms with Crippen LogP contribution in [0, 0.1) is 11.8 Å². The van der Waals surface area contributed by atoms with Crippen LogP contribution in [0.1, 0.15) is 26.1 Å². The number of aromatic nitrogens is 2. The van der Waals surface area contributed by atoms with Gasteiger partial charge >= 0.3 is 0 Å². The second-order valence-corrected chi connectivity index (χ2v) is 4.03. The molecule has 0 bridgehead atoms. The van der Waals surface area contributed by atoms with E-state index in [-0.39, 0.29) is 0 Å². The molecule has 66 valence electrons. The first-order valence-corrected chi connectivity index (χ1v) is 4.77. The van der Waals surface area contributed by atoms with Crippen molar-refractivity contribution in [1.82, 2.24) is 9.55 Å². The van der Waals surface area contributed by atoms with Crippen molar-refractivity contribution in [1.29, 1.82) is 0 Å². The Hall–Kier alpha value is -0.790. The minimum atomic E-state index is 0.801. The van der Waals surface area contributed by atoms with Crippen LogP contribution in [0.3, 0.4) is 0 Å². The molecule has 0 aliphatic carbocycles. The van der Waals surface area contributed by atoms with Gasteiger partial charge in [-0.05, 0) is 18.3 Å². The van der Waals surface area contributed by atoms with E-state index in [0.29, 0.717) is 0 Å². The van der Waals surface area contributed by atoms with E-state index >= 15 is 0 Å². The molecule has 1 aromatic rings. The topological polar surface area (TPSA) is 17.8 Å². The number of hydrogen-bond donors (Lipinski definition) is 0. The van der Waals surface area contributed by atoms with Gasteiger partial charge in [-0.3, -0.25) is 0 Å². The molecule has 1 aliphatic rings. The summed E-state index contributed by atoms with van der Waals surface area (Å²) in [5.41, 5.74) is 0. The van der Waals surface area contributed by atoms with Crippen LogP contribution >= 0.6 is 0 Å². The molecule has 1 aromatic heterocycles. The molecule has 0 amide bonds. The fourth-order valence-corrected chi connectivity index (χ4v) is 1.94. The summed E-state index contributed by atoms with van der Waals surface area (Å²) < 4.78 is 2.28. The van der Waals surface area contributed by atoms with Crippen molar-refractivity contribution in [3.8, 4) is 0 Å². The van der Waals surface area contributed by atoms with Gasteiger partial charge in [0.05, 0.1) is 0 Å². The maximum Gasteiger partial charge on any atom is 0.108 e. The number of nitrogens with zero attached hydrogens (tertiary/aromatic N) is 2. The van der Waals surface area contributed by atoms with E-state index in [1.54, 1.807) is 0 Å². The van der Waals surface area contributed by atoms with Gasteiger partial charge in [-0.2, -0.15) is 0 Å². The van der Waals surface area contributed by atoms with Crippen LogP contribution in [0.25, 0.3) is 0 Å². The van der Waals surface area contributed by atoms with Gasteiger partial charge in [0.25, 0.3) is 0 Å². The largest absolute Gasteiger partial charge is 0.335 e. The van der Waals surface area contributed by atoms with Gasteiger partial charge in [0.1, 0.15) is 5.82 Å². The molecule has 0 N–H and O–H groups in total. The number of fused-ring (bicyclic) bond motifs is 1. The molecule has 2 nitrogen and oxygen atoms in total. The van der Waals surface area contributed by atoms with E-state index in [4.69, 9.17) is 0 Å². The van der Waals surface area contributed by atoms with Crippen LogP contribution in [0.15, 0.2) is 12.4 Å². The summed E-state index contributed by atoms with van der Waals surface area (Å²) in [5, 5.41) is 0. The van der Waals surface area contributed by atoms with Crippen molar-refractivity contribution < 1.29 is 0 Å². The molecule has 1 aliphatic heterocycles. The van der Waals surface area contributed by atoms with Gasteiger partial charge < -0.3 is 4.57 Å². The first-order valence-electron chi connectivity index (χ1n) is 4.77. The van der Waals surface area contributed by atoms with E-state index in [0.717, 1.165) is 18.4 Å². The second kappa shape index (κ2) is 2.92. The predicted octanol–water partition coefficient (Wildman–Crippen LogP) is 2.10. The van der Waals surface area contributed by atoms with E-state index in [9.17, 15) is 0 Å². The minimum absolute atomic E-state index is 0.801. The van der Waals surface area contributed by atoms with E-state index in [2.05, 4.69) is 29.6 Å². The molecule has 0 spiro atoms. The number of imidazole rings is 1. The molecule has 0 fully saturated rings. The van der Waals surface area contributed by atoms with Crippen LogP contribution < -0.4 is 0 Å². The maximum absolute atomic E-state index is 4.35. The Morgan fingerprint density at radius 3 is 3.17 bits per heavy atom. The fraction of sp³-hybridized carbons (Fsp3) is 0.700. The van der Waals surface area contributed by atoms with E-state index < -0.39 is 0 Å². The summed E-state index contributed by atoms with van der Waals surface area (Å²) in [6, 6.07) is 0. The Kier molecular flexibility index (Phi) is 1.91. The molecular formula is C10H16N2. The minimum Gasteiger partial charge on any atom is -0.335 e. The lowest BCUT2D eigenvalue weighted by Gasteiger charge is -2.26. The van der Waals surface area contributed by atoms with E-state index in [1.165, 1.54) is 18.7 Å². The van der Waals surface area contributed by atoms with Crippen molar-refractivity contribution in [2.75, 3.05) is 0 Å². The molecule has 0 unspecified atom stereocenters. The molecule has 0 radical (unpaired) electrons. The maximum atomic E-state index is 4.35. The lowest BCUT2D eigenvalue weighted by molar-refractivity contribution is 0.298. The van der Waals surface area contributed by atoms with Gasteiger partial charge in [-0.1, -0.05) is 13.8 Å². The number of aryl methyl sites for hydroxylation is 1. The third kappa shape index (κ3) is 1.26. The average molecular weight is 164 g/mol. The Balaban J connectivity index is 2.15. The van der Waals surface area contributed by atoms with Crippen LogP contribution in [0.5, 0.6) is 0 Å². The molecule has 12 heavy (non-hydrogen) atoms. The molecule has 2 heteroatoms. The Bertz CT molecular complexity index is 263. The average Bonchev–Trinajstić information content (AvgIpc) is 2.49. The zero-order chi connectivity index (χ0) is 8.55. The molecule has 2 rings (SSSR count). The number of rotatable bonds is 1. The first kappa shape index (κ1) is 7.84. The Morgan fingerprint density at radius 1 is 1.58 bits per heavy atom. The zero-order valence-electron chi connectivity index (χ0n) is 7.83. The van der Waals surface area contributed by atoms with Gasteiger partial charge in [0, 0.05) is 25.4 Å². The quantitative estimate of drug-likeness (QED) is 0.621. The predicted molar refractivity (Wildman–Crippen MR) is 48.9 cm³/mol. The van der Waals surface area contributed by atoms with Crippen LogP contribution in [0.2, 0.25) is 0 Å². The Morgan fingerprint density at radius 2 is 2.42 bits per heavy atom. The second-order valence-electron chi connectivity index (χ2n) is 4.03. The van der Waals surface area contributed by atoms with Crippen molar-refractivity contribution >= 4 is 0 Å². The number of hydrogen-bond acceptors (Lipinski definition) is 1. The van der Waals surface area contributed by atoms with Crippen LogP contribution in [-0.4, -0.2) is 9.55 Å². The summed E-state index contributed by atoms with van der Waals surface area (Å²) in [6.45, 7) is 5.78. The SMILES string of the molecule is CC(C)[C@@H]1CCn2ccnc2C1. The highest BCUT2D eigenvalue weighted by Crippen LogP contribution is 2.24. The van der Waals surface area contributed by atoms with Crippen molar-refractivity contribution in [3.05, 3.63) is 18.2 Å². The third-order valence-electron chi connectivity index (χ3n) is 2.93. The summed E-state index contributed by atoms with van der Waals surface area (Å²) >= 11 is 0. The van der Waals surface area contributed by atoms with Crippen LogP contribution in [0.4, 0.5) is 0 Å². The standard InChI is InChI=1S/C10H16N2/c1-8(2)9-3-5-12-6-4-11-10(12)7-9/h4,6,8-9H,3,5,7H2,1-2H3/t9-/m1/s1. The van der Waals surface area contributed by atoms with Crippen molar-refractivity contribution in [3.63, 3.8) is 0 Å². The molecule has 0 saturated heterocycles. The zero-order valence-corrected chi connectivity index (χ0v) is 7.83. The summed E-state index contributed by atoms with van der Waals surface area (Å²) in [6.07, 6.45) is 6.50. The van der Waals surface area contributed by atoms with Crippen LogP contribution in [-0.2, 0) is 13.0 Å². The van der Waals surface area contributed by atoms with Gasteiger partial charge in [-0.25, -0.2) is 4.98 Å². The summed E-state index contributed by atoms with van der Waals surface area (Å²) in [7, 11) is 0. The highest BCUT2D eigenvalue weighted by molar-refractivity contribution is 4.97. The van der Waals surface area contributed by atoms with Gasteiger partial charge in [0.2, 0.25) is 0 Å². The normalized spacial score (nSPS) is 22.8. The fourth-order valence-electron chi connectivity index (χ4n) is 1.94. The smallest absolute Gasteiger partial charge is 0.108 e. The molecule has 2 heterocycles. The van der Waals surface area contributed by atoms with Gasteiger partial charge in [0.15, 0.2) is 0 Å². The third-order valence-corrected chi connectivity index (χ3v) is 2.93. The Labute approximate surface area is 73.6 Å². The summed E-state index contributed by atoms with van der Waals surface area (Å²) in [5.74, 6) is 2.93. The van der Waals surface area contributed by atoms with Crippen molar-refractivity contribution in [2.24, 2.45) is 11.8 Å². The molecule has 0 aromatic carbocycles. The summed E-state index contributed by atoms with van der Waals surface area (Å²) in [4.78, 5) is 4.35. The molecule has 0 saturated carbocycles. The highest BCUT2D eigenvalue weighted by Gasteiger charge is 2.21. The van der Waals surface area contributed by atoms with Crippen molar-refractivity contribution in [2.45, 2.75) is 33.2 Å². The van der Waals surface area contributed by atoms with Gasteiger partial charge in [-0.15, -0.1) is 0 Å². The monoisotopic (exact) mass is 164 g/mol. The lowest BCUT2D eigenvalue weighted by atomic mass is 9.87. The molecule has 1 atom stereocenters.